The fourth-order valence-electron chi connectivity index (χ4n) is 1.91. The van der Waals surface area contributed by atoms with Crippen LogP contribution in [0.25, 0.3) is 0 Å². The Labute approximate surface area is 132 Å². The van der Waals surface area contributed by atoms with E-state index in [1.165, 1.54) is 6.07 Å². The Kier molecular flexibility index (Phi) is 7.09. The molecule has 21 heavy (non-hydrogen) atoms. The second kappa shape index (κ2) is 8.10. The minimum absolute atomic E-state index is 0.0737. The van der Waals surface area contributed by atoms with E-state index in [1.807, 2.05) is 13.8 Å². The standard InChI is InChI=1S/C14H23ClN2O3S/c1-10(2)20-6-5-17-21(18,19)14-8-13(15)7-12(9-16-4)11(14)3/h7-8,10,16-17H,5-6,9H2,1-4H3. The maximum Gasteiger partial charge on any atom is 0.240 e. The molecule has 0 unspecified atom stereocenters. The van der Waals surface area contributed by atoms with Crippen molar-refractivity contribution in [2.45, 2.75) is 38.3 Å². The maximum atomic E-state index is 12.4. The van der Waals surface area contributed by atoms with Crippen LogP contribution in [-0.4, -0.2) is 34.7 Å². The highest BCUT2D eigenvalue weighted by Gasteiger charge is 2.19. The van der Waals surface area contributed by atoms with Gasteiger partial charge in [0, 0.05) is 18.1 Å². The van der Waals surface area contributed by atoms with Gasteiger partial charge in [0.2, 0.25) is 10.0 Å². The van der Waals surface area contributed by atoms with E-state index in [0.29, 0.717) is 23.7 Å². The third-order valence-electron chi connectivity index (χ3n) is 2.93. The highest BCUT2D eigenvalue weighted by atomic mass is 35.5. The van der Waals surface area contributed by atoms with Gasteiger partial charge in [0.25, 0.3) is 0 Å². The van der Waals surface area contributed by atoms with Crippen LogP contribution in [0.1, 0.15) is 25.0 Å². The molecule has 0 heterocycles. The average molecular weight is 335 g/mol. The Hall–Kier alpha value is -0.660. The smallest absolute Gasteiger partial charge is 0.240 e. The topological polar surface area (TPSA) is 67.4 Å². The van der Waals surface area contributed by atoms with Crippen LogP contribution < -0.4 is 10.0 Å². The molecule has 0 spiro atoms. The minimum atomic E-state index is -3.59. The summed E-state index contributed by atoms with van der Waals surface area (Å²) in [6, 6.07) is 3.25. The number of halogens is 1. The van der Waals surface area contributed by atoms with Crippen molar-refractivity contribution in [1.29, 1.82) is 0 Å². The van der Waals surface area contributed by atoms with E-state index in [0.717, 1.165) is 5.56 Å². The fraction of sp³-hybridized carbons (Fsp3) is 0.571. The Morgan fingerprint density at radius 1 is 1.33 bits per heavy atom. The first-order chi connectivity index (χ1) is 9.77. The van der Waals surface area contributed by atoms with Gasteiger partial charge in [-0.15, -0.1) is 0 Å². The summed E-state index contributed by atoms with van der Waals surface area (Å²) in [7, 11) is -1.79. The van der Waals surface area contributed by atoms with E-state index < -0.39 is 10.0 Å². The molecule has 0 atom stereocenters. The van der Waals surface area contributed by atoms with E-state index in [2.05, 4.69) is 10.0 Å². The molecule has 0 saturated carbocycles. The van der Waals surface area contributed by atoms with Gasteiger partial charge in [0.1, 0.15) is 0 Å². The second-order valence-corrected chi connectivity index (χ2v) is 7.21. The van der Waals surface area contributed by atoms with Gasteiger partial charge >= 0.3 is 0 Å². The van der Waals surface area contributed by atoms with Crippen molar-refractivity contribution < 1.29 is 13.2 Å². The Morgan fingerprint density at radius 3 is 2.57 bits per heavy atom. The number of nitrogens with one attached hydrogen (secondary N) is 2. The van der Waals surface area contributed by atoms with Gasteiger partial charge in [-0.1, -0.05) is 11.6 Å². The number of rotatable bonds is 8. The first-order valence-electron chi connectivity index (χ1n) is 6.83. The predicted molar refractivity (Wildman–Crippen MR) is 85.2 cm³/mol. The van der Waals surface area contributed by atoms with Crippen molar-refractivity contribution in [1.82, 2.24) is 10.0 Å². The monoisotopic (exact) mass is 334 g/mol. The average Bonchev–Trinajstić information content (AvgIpc) is 2.38. The third kappa shape index (κ3) is 5.56. The van der Waals surface area contributed by atoms with E-state index >= 15 is 0 Å². The molecule has 1 aromatic carbocycles. The molecule has 0 aromatic heterocycles. The van der Waals surface area contributed by atoms with Crippen LogP contribution in [0.5, 0.6) is 0 Å². The zero-order chi connectivity index (χ0) is 16.0. The predicted octanol–water partition coefficient (Wildman–Crippen LogP) is 2.07. The highest BCUT2D eigenvalue weighted by Crippen LogP contribution is 2.24. The molecular formula is C14H23ClN2O3S. The first kappa shape index (κ1) is 18.4. The van der Waals surface area contributed by atoms with Gasteiger partial charge in [-0.25, -0.2) is 13.1 Å². The molecule has 1 rings (SSSR count). The Morgan fingerprint density at radius 2 is 2.00 bits per heavy atom. The molecule has 0 aliphatic heterocycles. The van der Waals surface area contributed by atoms with Gasteiger partial charge in [-0.2, -0.15) is 0 Å². The lowest BCUT2D eigenvalue weighted by Gasteiger charge is -2.14. The quantitative estimate of drug-likeness (QED) is 0.714. The fourth-order valence-corrected chi connectivity index (χ4v) is 3.54. The van der Waals surface area contributed by atoms with Crippen molar-refractivity contribution in [2.24, 2.45) is 0 Å². The Bertz CT molecular complexity index is 574. The second-order valence-electron chi connectivity index (χ2n) is 5.04. The molecule has 0 radical (unpaired) electrons. The Balaban J connectivity index is 2.92. The van der Waals surface area contributed by atoms with Crippen molar-refractivity contribution in [3.8, 4) is 0 Å². The van der Waals surface area contributed by atoms with Crippen molar-refractivity contribution in [2.75, 3.05) is 20.2 Å². The first-order valence-corrected chi connectivity index (χ1v) is 8.69. The lowest BCUT2D eigenvalue weighted by molar-refractivity contribution is 0.0834. The van der Waals surface area contributed by atoms with Crippen molar-refractivity contribution >= 4 is 21.6 Å². The van der Waals surface area contributed by atoms with Crippen molar-refractivity contribution in [3.05, 3.63) is 28.3 Å². The molecule has 1 aromatic rings. The van der Waals surface area contributed by atoms with Crippen LogP contribution in [0.4, 0.5) is 0 Å². The van der Waals surface area contributed by atoms with Gasteiger partial charge in [0.15, 0.2) is 0 Å². The van der Waals surface area contributed by atoms with Gasteiger partial charge < -0.3 is 10.1 Å². The summed E-state index contributed by atoms with van der Waals surface area (Å²) in [5.41, 5.74) is 1.56. The molecule has 0 fully saturated rings. The summed E-state index contributed by atoms with van der Waals surface area (Å²) in [6.07, 6.45) is 0.0737. The summed E-state index contributed by atoms with van der Waals surface area (Å²) < 4.78 is 32.6. The van der Waals surface area contributed by atoms with Crippen LogP contribution in [0.3, 0.4) is 0 Å². The molecule has 120 valence electrons. The molecule has 0 saturated heterocycles. The zero-order valence-corrected chi connectivity index (χ0v) is 14.4. The number of hydrogen-bond acceptors (Lipinski definition) is 4. The molecular weight excluding hydrogens is 312 g/mol. The van der Waals surface area contributed by atoms with E-state index in [1.54, 1.807) is 20.0 Å². The maximum absolute atomic E-state index is 12.4. The minimum Gasteiger partial charge on any atom is -0.377 e. The van der Waals surface area contributed by atoms with E-state index in [4.69, 9.17) is 16.3 Å². The zero-order valence-electron chi connectivity index (χ0n) is 12.9. The van der Waals surface area contributed by atoms with Gasteiger partial charge in [-0.05, 0) is 51.1 Å². The van der Waals surface area contributed by atoms with Crippen LogP contribution in [0, 0.1) is 6.92 Å². The summed E-state index contributed by atoms with van der Waals surface area (Å²) in [4.78, 5) is 0.213. The lowest BCUT2D eigenvalue weighted by atomic mass is 10.1. The highest BCUT2D eigenvalue weighted by molar-refractivity contribution is 7.89. The van der Waals surface area contributed by atoms with Crippen LogP contribution in [0.15, 0.2) is 17.0 Å². The largest absolute Gasteiger partial charge is 0.377 e. The van der Waals surface area contributed by atoms with Crippen LogP contribution in [0.2, 0.25) is 5.02 Å². The molecule has 5 nitrogen and oxygen atoms in total. The number of hydrogen-bond donors (Lipinski definition) is 2. The summed E-state index contributed by atoms with van der Waals surface area (Å²) in [6.45, 7) is 6.71. The number of ether oxygens (including phenoxy) is 1. The van der Waals surface area contributed by atoms with Crippen LogP contribution in [-0.2, 0) is 21.3 Å². The van der Waals surface area contributed by atoms with Gasteiger partial charge in [0.05, 0.1) is 17.6 Å². The molecule has 2 N–H and O–H groups in total. The lowest BCUT2D eigenvalue weighted by Crippen LogP contribution is -2.29. The van der Waals surface area contributed by atoms with Crippen molar-refractivity contribution in [3.63, 3.8) is 0 Å². The molecule has 0 aliphatic carbocycles. The van der Waals surface area contributed by atoms with Gasteiger partial charge in [-0.3, -0.25) is 0 Å². The van der Waals surface area contributed by atoms with Crippen LogP contribution >= 0.6 is 11.6 Å². The summed E-state index contributed by atoms with van der Waals surface area (Å²) in [5, 5.41) is 3.41. The third-order valence-corrected chi connectivity index (χ3v) is 4.74. The molecule has 0 bridgehead atoms. The molecule has 0 amide bonds. The summed E-state index contributed by atoms with van der Waals surface area (Å²) in [5.74, 6) is 0. The van der Waals surface area contributed by atoms with E-state index in [-0.39, 0.29) is 17.5 Å². The SMILES string of the molecule is CNCc1cc(Cl)cc(S(=O)(=O)NCCOC(C)C)c1C. The van der Waals surface area contributed by atoms with E-state index in [9.17, 15) is 8.42 Å². The number of benzene rings is 1. The molecule has 7 heteroatoms. The number of sulfonamides is 1. The summed E-state index contributed by atoms with van der Waals surface area (Å²) >= 11 is 6.02. The molecule has 0 aliphatic rings. The normalized spacial score (nSPS) is 12.1.